The summed E-state index contributed by atoms with van der Waals surface area (Å²) in [6, 6.07) is 8.98. The molecule has 0 saturated carbocycles. The van der Waals surface area contributed by atoms with E-state index >= 15 is 0 Å². The normalized spacial score (nSPS) is 21.2. The summed E-state index contributed by atoms with van der Waals surface area (Å²) in [6.07, 6.45) is 6.12. The number of nitrogens with zero attached hydrogens (tertiary/aromatic N) is 2. The summed E-state index contributed by atoms with van der Waals surface area (Å²) in [5, 5.41) is 0. The van der Waals surface area contributed by atoms with Gasteiger partial charge in [-0.15, -0.1) is 11.3 Å². The van der Waals surface area contributed by atoms with E-state index in [2.05, 4.69) is 28.1 Å². The number of hydrogen-bond acceptors (Lipinski definition) is 4. The average Bonchev–Trinajstić information content (AvgIpc) is 3.11. The minimum Gasteiger partial charge on any atom is -0.329 e. The molecule has 5 heteroatoms. The number of thiophene rings is 1. The lowest BCUT2D eigenvalue weighted by Crippen LogP contribution is -2.32. The molecule has 0 radical (unpaired) electrons. The Kier molecular flexibility index (Phi) is 4.36. The minimum absolute atomic E-state index is 0.258. The fourth-order valence-electron chi connectivity index (χ4n) is 3.03. The van der Waals surface area contributed by atoms with Crippen molar-refractivity contribution >= 4 is 22.9 Å². The largest absolute Gasteiger partial charge is 0.329 e. The molecule has 3 nitrogen and oxygen atoms in total. The maximum atomic E-state index is 6.07. The summed E-state index contributed by atoms with van der Waals surface area (Å²) >= 11 is 7.71. The van der Waals surface area contributed by atoms with Crippen molar-refractivity contribution in [3.63, 3.8) is 0 Å². The summed E-state index contributed by atoms with van der Waals surface area (Å²) in [6.45, 7) is 1.71. The molecule has 2 N–H and O–H groups in total. The highest BCUT2D eigenvalue weighted by Gasteiger charge is 2.32. The first kappa shape index (κ1) is 14.0. The van der Waals surface area contributed by atoms with Crippen molar-refractivity contribution in [3.8, 4) is 0 Å². The lowest BCUT2D eigenvalue weighted by Gasteiger charge is -2.32. The van der Waals surface area contributed by atoms with Crippen molar-refractivity contribution < 1.29 is 0 Å². The second-order valence-electron chi connectivity index (χ2n) is 5.07. The van der Waals surface area contributed by atoms with Crippen LogP contribution in [0, 0.1) is 0 Å². The third-order valence-corrected chi connectivity index (χ3v) is 5.26. The maximum absolute atomic E-state index is 6.07. The van der Waals surface area contributed by atoms with E-state index in [1.54, 1.807) is 11.3 Å². The third-order valence-electron chi connectivity index (χ3n) is 3.93. The summed E-state index contributed by atoms with van der Waals surface area (Å²) in [5.41, 5.74) is 7.38. The zero-order chi connectivity index (χ0) is 13.9. The number of hydrogen-bond donors (Lipinski definition) is 1. The third kappa shape index (κ3) is 2.74. The summed E-state index contributed by atoms with van der Waals surface area (Å²) in [4.78, 5) is 7.88. The van der Waals surface area contributed by atoms with Crippen molar-refractivity contribution in [2.45, 2.75) is 24.9 Å². The molecule has 1 saturated heterocycles. The van der Waals surface area contributed by atoms with Gasteiger partial charge in [-0.2, -0.15) is 0 Å². The van der Waals surface area contributed by atoms with E-state index in [1.165, 1.54) is 23.3 Å². The van der Waals surface area contributed by atoms with E-state index in [0.717, 1.165) is 10.9 Å². The van der Waals surface area contributed by atoms with Gasteiger partial charge in [0.25, 0.3) is 0 Å². The Morgan fingerprint density at radius 3 is 2.80 bits per heavy atom. The second-order valence-corrected chi connectivity index (χ2v) is 6.82. The zero-order valence-corrected chi connectivity index (χ0v) is 12.8. The van der Waals surface area contributed by atoms with Gasteiger partial charge < -0.3 is 5.73 Å². The van der Waals surface area contributed by atoms with Gasteiger partial charge in [0.05, 0.1) is 10.4 Å². The first-order chi connectivity index (χ1) is 9.79. The topological polar surface area (TPSA) is 42.1 Å². The van der Waals surface area contributed by atoms with Crippen molar-refractivity contribution in [1.82, 2.24) is 9.88 Å². The second kappa shape index (κ2) is 6.22. The Morgan fingerprint density at radius 2 is 2.15 bits per heavy atom. The molecule has 0 aliphatic carbocycles. The Bertz CT molecular complexity index is 557. The molecule has 0 aromatic carbocycles. The van der Waals surface area contributed by atoms with Gasteiger partial charge in [0.1, 0.15) is 0 Å². The molecule has 0 bridgehead atoms. The Hall–Kier alpha value is -0.940. The van der Waals surface area contributed by atoms with Gasteiger partial charge in [-0.25, -0.2) is 0 Å². The highest BCUT2D eigenvalue weighted by molar-refractivity contribution is 7.16. The van der Waals surface area contributed by atoms with E-state index in [9.17, 15) is 0 Å². The number of aromatic nitrogens is 1. The van der Waals surface area contributed by atoms with Crippen molar-refractivity contribution in [2.24, 2.45) is 5.73 Å². The van der Waals surface area contributed by atoms with Crippen LogP contribution < -0.4 is 5.73 Å². The summed E-state index contributed by atoms with van der Waals surface area (Å²) < 4.78 is 0.832. The Balaban J connectivity index is 1.87. The molecule has 20 heavy (non-hydrogen) atoms. The molecule has 106 valence electrons. The van der Waals surface area contributed by atoms with Crippen molar-refractivity contribution in [2.75, 3.05) is 13.1 Å². The molecule has 1 fully saturated rings. The molecular formula is C15H18ClN3S. The van der Waals surface area contributed by atoms with Gasteiger partial charge >= 0.3 is 0 Å². The summed E-state index contributed by atoms with van der Waals surface area (Å²) in [7, 11) is 0. The highest BCUT2D eigenvalue weighted by atomic mass is 35.5. The fraction of sp³-hybridized carbons (Fsp3) is 0.400. The number of likely N-dealkylation sites (tertiary alicyclic amines) is 1. The maximum Gasteiger partial charge on any atom is 0.0931 e. The molecule has 0 spiro atoms. The van der Waals surface area contributed by atoms with E-state index in [4.69, 9.17) is 17.3 Å². The monoisotopic (exact) mass is 307 g/mol. The fourth-order valence-corrected chi connectivity index (χ4v) is 4.22. The molecule has 1 aliphatic heterocycles. The lowest BCUT2D eigenvalue weighted by molar-refractivity contribution is 0.188. The number of halogens is 1. The van der Waals surface area contributed by atoms with Crippen molar-refractivity contribution in [3.05, 3.63) is 51.4 Å². The lowest BCUT2D eigenvalue weighted by atomic mass is 10.0. The van der Waals surface area contributed by atoms with Crippen LogP contribution in [0.15, 0.2) is 36.7 Å². The molecule has 2 aromatic rings. The number of nitrogens with two attached hydrogens (primary N) is 1. The number of rotatable bonds is 4. The zero-order valence-electron chi connectivity index (χ0n) is 11.2. The molecule has 2 aromatic heterocycles. The Morgan fingerprint density at radius 1 is 1.35 bits per heavy atom. The molecule has 0 amide bonds. The average molecular weight is 308 g/mol. The van der Waals surface area contributed by atoms with Crippen LogP contribution in [-0.4, -0.2) is 23.0 Å². The van der Waals surface area contributed by atoms with Crippen LogP contribution >= 0.6 is 22.9 Å². The van der Waals surface area contributed by atoms with Crippen LogP contribution in [0.2, 0.25) is 4.34 Å². The van der Waals surface area contributed by atoms with Gasteiger partial charge in [-0.3, -0.25) is 9.88 Å². The SMILES string of the molecule is NCC(c1ccc(Cl)s1)N1CCCC1c1ccncc1. The van der Waals surface area contributed by atoms with Crippen LogP contribution in [0.4, 0.5) is 0 Å². The molecule has 2 unspecified atom stereocenters. The van der Waals surface area contributed by atoms with Gasteiger partial charge in [-0.05, 0) is 49.2 Å². The first-order valence-corrected chi connectivity index (χ1v) is 8.10. The van der Waals surface area contributed by atoms with E-state index in [0.29, 0.717) is 12.6 Å². The molecule has 3 heterocycles. The van der Waals surface area contributed by atoms with Crippen LogP contribution in [-0.2, 0) is 0 Å². The molecular weight excluding hydrogens is 290 g/mol. The van der Waals surface area contributed by atoms with Gasteiger partial charge in [-0.1, -0.05) is 11.6 Å². The van der Waals surface area contributed by atoms with Crippen molar-refractivity contribution in [1.29, 1.82) is 0 Å². The predicted molar refractivity (Wildman–Crippen MR) is 84.0 cm³/mol. The van der Waals surface area contributed by atoms with E-state index in [-0.39, 0.29) is 6.04 Å². The van der Waals surface area contributed by atoms with Crippen LogP contribution in [0.5, 0.6) is 0 Å². The van der Waals surface area contributed by atoms with Crippen LogP contribution in [0.3, 0.4) is 0 Å². The number of pyridine rings is 1. The quantitative estimate of drug-likeness (QED) is 0.938. The first-order valence-electron chi connectivity index (χ1n) is 6.90. The standard InChI is InChI=1S/C15H18ClN3S/c16-15-4-3-14(20-15)13(10-17)19-9-1-2-12(19)11-5-7-18-8-6-11/h3-8,12-13H,1-2,9-10,17H2. The van der Waals surface area contributed by atoms with Gasteiger partial charge in [0.15, 0.2) is 0 Å². The van der Waals surface area contributed by atoms with E-state index < -0.39 is 0 Å². The van der Waals surface area contributed by atoms with Gasteiger partial charge in [0.2, 0.25) is 0 Å². The van der Waals surface area contributed by atoms with Gasteiger partial charge in [0, 0.05) is 29.9 Å². The van der Waals surface area contributed by atoms with Crippen LogP contribution in [0.1, 0.15) is 35.4 Å². The summed E-state index contributed by atoms with van der Waals surface area (Å²) in [5.74, 6) is 0. The molecule has 2 atom stereocenters. The Labute approximate surface area is 128 Å². The highest BCUT2D eigenvalue weighted by Crippen LogP contribution is 2.40. The van der Waals surface area contributed by atoms with Crippen LogP contribution in [0.25, 0.3) is 0 Å². The predicted octanol–water partition coefficient (Wildman–Crippen LogP) is 3.63. The smallest absolute Gasteiger partial charge is 0.0931 e. The van der Waals surface area contributed by atoms with E-state index in [1.807, 2.05) is 18.5 Å². The molecule has 3 rings (SSSR count). The molecule has 1 aliphatic rings. The minimum atomic E-state index is 0.258.